The molecule has 2 unspecified atom stereocenters. The van der Waals surface area contributed by atoms with Crippen LogP contribution in [-0.2, 0) is 9.53 Å². The Bertz CT molecular complexity index is 258. The first-order valence-electron chi connectivity index (χ1n) is 5.04. The molecule has 1 heterocycles. The van der Waals surface area contributed by atoms with E-state index in [4.69, 9.17) is 10.5 Å². The number of hydrogen-bond donors (Lipinski definition) is 1. The topological polar surface area (TPSA) is 55.6 Å². The van der Waals surface area contributed by atoms with Crippen molar-refractivity contribution in [2.45, 2.75) is 19.1 Å². The van der Waals surface area contributed by atoms with E-state index in [9.17, 15) is 18.0 Å². The van der Waals surface area contributed by atoms with Crippen LogP contribution in [0.15, 0.2) is 0 Å². The molecule has 94 valence electrons. The summed E-state index contributed by atoms with van der Waals surface area (Å²) < 4.78 is 41.5. The van der Waals surface area contributed by atoms with Crippen LogP contribution in [0.25, 0.3) is 0 Å². The number of carbonyl (C=O) groups is 1. The second-order valence-corrected chi connectivity index (χ2v) is 3.78. The summed E-state index contributed by atoms with van der Waals surface area (Å²) in [5, 5.41) is 0. The normalized spacial score (nSPS) is 25.8. The Hall–Kier alpha value is -0.820. The molecule has 0 aromatic carbocycles. The van der Waals surface area contributed by atoms with Gasteiger partial charge in [-0.25, -0.2) is 0 Å². The first-order chi connectivity index (χ1) is 7.35. The Morgan fingerprint density at radius 2 is 2.12 bits per heavy atom. The maximum absolute atomic E-state index is 12.2. The third-order valence-electron chi connectivity index (χ3n) is 2.51. The molecule has 0 saturated carbocycles. The Morgan fingerprint density at radius 3 is 2.50 bits per heavy atom. The first-order valence-corrected chi connectivity index (χ1v) is 5.04. The van der Waals surface area contributed by atoms with E-state index in [2.05, 4.69) is 0 Å². The average molecular weight is 240 g/mol. The lowest BCUT2D eigenvalue weighted by Crippen LogP contribution is -2.46. The summed E-state index contributed by atoms with van der Waals surface area (Å²) in [6.45, 7) is 0.617. The van der Waals surface area contributed by atoms with E-state index in [1.54, 1.807) is 0 Å². The maximum Gasteiger partial charge on any atom is 0.406 e. The van der Waals surface area contributed by atoms with Crippen LogP contribution in [0.1, 0.15) is 6.92 Å². The fourth-order valence-corrected chi connectivity index (χ4v) is 1.62. The van der Waals surface area contributed by atoms with E-state index in [1.807, 2.05) is 0 Å². The average Bonchev–Trinajstić information content (AvgIpc) is 2.58. The number of alkyl halides is 3. The minimum absolute atomic E-state index is 0.0154. The van der Waals surface area contributed by atoms with Gasteiger partial charge in [0.1, 0.15) is 6.54 Å². The third kappa shape index (κ3) is 3.34. The molecule has 16 heavy (non-hydrogen) atoms. The summed E-state index contributed by atoms with van der Waals surface area (Å²) in [6.07, 6.45) is -4.38. The van der Waals surface area contributed by atoms with Crippen LogP contribution in [0.2, 0.25) is 0 Å². The molecule has 2 N–H and O–H groups in total. The fourth-order valence-electron chi connectivity index (χ4n) is 1.62. The van der Waals surface area contributed by atoms with Crippen molar-refractivity contribution in [3.8, 4) is 0 Å². The van der Waals surface area contributed by atoms with E-state index in [0.717, 1.165) is 4.90 Å². The van der Waals surface area contributed by atoms with Crippen molar-refractivity contribution < 1.29 is 22.7 Å². The Labute approximate surface area is 91.5 Å². The molecular weight excluding hydrogens is 225 g/mol. The highest BCUT2D eigenvalue weighted by Gasteiger charge is 2.38. The van der Waals surface area contributed by atoms with Crippen LogP contribution in [0.3, 0.4) is 0 Å². The third-order valence-corrected chi connectivity index (χ3v) is 2.51. The molecule has 1 amide bonds. The first kappa shape index (κ1) is 13.2. The number of nitrogens with zero attached hydrogens (tertiary/aromatic N) is 1. The highest BCUT2D eigenvalue weighted by Crippen LogP contribution is 2.20. The number of amides is 1. The number of rotatable bonds is 3. The van der Waals surface area contributed by atoms with Gasteiger partial charge in [0, 0.05) is 12.6 Å². The van der Waals surface area contributed by atoms with Crippen molar-refractivity contribution in [1.82, 2.24) is 4.90 Å². The molecule has 4 nitrogen and oxygen atoms in total. The van der Waals surface area contributed by atoms with E-state index in [1.165, 1.54) is 6.92 Å². The van der Waals surface area contributed by atoms with Crippen LogP contribution in [-0.4, -0.2) is 49.3 Å². The lowest BCUT2D eigenvalue weighted by Gasteiger charge is -2.26. The monoisotopic (exact) mass is 240 g/mol. The van der Waals surface area contributed by atoms with Crippen molar-refractivity contribution in [2.24, 2.45) is 11.7 Å². The van der Waals surface area contributed by atoms with Gasteiger partial charge in [0.2, 0.25) is 5.91 Å². The van der Waals surface area contributed by atoms with Crippen LogP contribution >= 0.6 is 0 Å². The molecule has 2 atom stereocenters. The largest absolute Gasteiger partial charge is 0.406 e. The van der Waals surface area contributed by atoms with Gasteiger partial charge in [0.05, 0.1) is 19.1 Å². The summed E-state index contributed by atoms with van der Waals surface area (Å²) in [6, 6.07) is -0.505. The predicted octanol–water partition coefficient (Wildman–Crippen LogP) is 0.371. The van der Waals surface area contributed by atoms with Crippen LogP contribution in [0.5, 0.6) is 0 Å². The summed E-state index contributed by atoms with van der Waals surface area (Å²) in [5.74, 6) is -1.23. The molecular formula is C9H15F3N2O2. The van der Waals surface area contributed by atoms with Crippen molar-refractivity contribution in [3.05, 3.63) is 0 Å². The lowest BCUT2D eigenvalue weighted by molar-refractivity contribution is -0.163. The second-order valence-electron chi connectivity index (χ2n) is 3.78. The van der Waals surface area contributed by atoms with E-state index >= 15 is 0 Å². The van der Waals surface area contributed by atoms with Gasteiger partial charge in [0.15, 0.2) is 0 Å². The zero-order chi connectivity index (χ0) is 12.3. The summed E-state index contributed by atoms with van der Waals surface area (Å²) in [5.41, 5.74) is 5.58. The number of halogens is 3. The zero-order valence-electron chi connectivity index (χ0n) is 8.96. The van der Waals surface area contributed by atoms with Crippen molar-refractivity contribution in [3.63, 3.8) is 0 Å². The molecule has 0 aliphatic carbocycles. The van der Waals surface area contributed by atoms with Crippen LogP contribution in [0, 0.1) is 5.92 Å². The standard InChI is InChI=1S/C9H15F3N2O2/c1-2-14(5-9(10,11)12)8(15)6-3-16-4-7(6)13/h6-7H,2-5,13H2,1H3. The number of carbonyl (C=O) groups excluding carboxylic acids is 1. The Morgan fingerprint density at radius 1 is 1.50 bits per heavy atom. The SMILES string of the molecule is CCN(CC(F)(F)F)C(=O)C1COCC1N. The van der Waals surface area contributed by atoms with Gasteiger partial charge in [-0.15, -0.1) is 0 Å². The molecule has 0 aromatic heterocycles. The molecule has 0 radical (unpaired) electrons. The highest BCUT2D eigenvalue weighted by atomic mass is 19.4. The predicted molar refractivity (Wildman–Crippen MR) is 50.6 cm³/mol. The molecule has 1 fully saturated rings. The smallest absolute Gasteiger partial charge is 0.379 e. The molecule has 0 bridgehead atoms. The molecule has 1 rings (SSSR count). The van der Waals surface area contributed by atoms with E-state index in [0.29, 0.717) is 0 Å². The molecule has 0 spiro atoms. The molecule has 1 aliphatic rings. The van der Waals surface area contributed by atoms with Crippen LogP contribution < -0.4 is 5.73 Å². The molecule has 1 aliphatic heterocycles. The van der Waals surface area contributed by atoms with E-state index < -0.39 is 30.6 Å². The van der Waals surface area contributed by atoms with Crippen LogP contribution in [0.4, 0.5) is 13.2 Å². The summed E-state index contributed by atoms with van der Waals surface area (Å²) >= 11 is 0. The maximum atomic E-state index is 12.2. The highest BCUT2D eigenvalue weighted by molar-refractivity contribution is 5.80. The minimum Gasteiger partial charge on any atom is -0.379 e. The summed E-state index contributed by atoms with van der Waals surface area (Å²) in [7, 11) is 0. The van der Waals surface area contributed by atoms with Crippen molar-refractivity contribution in [2.75, 3.05) is 26.3 Å². The van der Waals surface area contributed by atoms with Gasteiger partial charge >= 0.3 is 6.18 Å². The van der Waals surface area contributed by atoms with E-state index in [-0.39, 0.29) is 19.8 Å². The number of hydrogen-bond acceptors (Lipinski definition) is 3. The zero-order valence-corrected chi connectivity index (χ0v) is 8.96. The second kappa shape index (κ2) is 5.01. The van der Waals surface area contributed by atoms with Gasteiger partial charge in [-0.3, -0.25) is 4.79 Å². The fraction of sp³-hybridized carbons (Fsp3) is 0.889. The van der Waals surface area contributed by atoms with Crippen molar-refractivity contribution in [1.29, 1.82) is 0 Å². The number of ether oxygens (including phenoxy) is 1. The Balaban J connectivity index is 2.62. The van der Waals surface area contributed by atoms with Gasteiger partial charge < -0.3 is 15.4 Å². The van der Waals surface area contributed by atoms with Gasteiger partial charge in [-0.2, -0.15) is 13.2 Å². The lowest BCUT2D eigenvalue weighted by atomic mass is 10.0. The minimum atomic E-state index is -4.38. The number of nitrogens with two attached hydrogens (primary N) is 1. The summed E-state index contributed by atoms with van der Waals surface area (Å²) in [4.78, 5) is 12.5. The Kier molecular flexibility index (Phi) is 4.15. The molecule has 1 saturated heterocycles. The molecule has 0 aromatic rings. The van der Waals surface area contributed by atoms with Gasteiger partial charge in [-0.1, -0.05) is 0 Å². The van der Waals surface area contributed by atoms with Crippen molar-refractivity contribution >= 4 is 5.91 Å². The van der Waals surface area contributed by atoms with Gasteiger partial charge in [-0.05, 0) is 6.92 Å². The molecule has 7 heteroatoms. The quantitative estimate of drug-likeness (QED) is 0.775. The van der Waals surface area contributed by atoms with Gasteiger partial charge in [0.25, 0.3) is 0 Å².